The quantitative estimate of drug-likeness (QED) is 0.260. The first-order valence-electron chi connectivity index (χ1n) is 6.01. The molecule has 0 heterocycles. The Balaban J connectivity index is 3.58. The number of hydrogen-bond acceptors (Lipinski definition) is 3. The summed E-state index contributed by atoms with van der Waals surface area (Å²) < 4.78 is -0.448. The Morgan fingerprint density at radius 2 is 2.05 bits per heavy atom. The first-order chi connectivity index (χ1) is 8.84. The Hall–Kier alpha value is -1.79. The van der Waals surface area contributed by atoms with Crippen LogP contribution in [-0.4, -0.2) is 16.8 Å². The summed E-state index contributed by atoms with van der Waals surface area (Å²) in [5.41, 5.74) is 14.1. The van der Waals surface area contributed by atoms with E-state index in [1.165, 1.54) is 0 Å². The van der Waals surface area contributed by atoms with Crippen molar-refractivity contribution < 1.29 is 0 Å². The van der Waals surface area contributed by atoms with E-state index >= 15 is 0 Å². The number of aryl methyl sites for hydroxylation is 1. The molecule has 0 aliphatic heterocycles. The molecule has 1 aromatic carbocycles. The van der Waals surface area contributed by atoms with Crippen molar-refractivity contribution in [2.75, 3.05) is 0 Å². The minimum atomic E-state index is -0.448. The number of guanidine groups is 1. The topological polar surface area (TPSA) is 88.2 Å². The SMILES string of the molecule is CC/C(C)=N/[N+](C(=N)N)(C(N)=S)c1cccc(C)c1. The van der Waals surface area contributed by atoms with Crippen LogP contribution in [0, 0.1) is 12.3 Å². The van der Waals surface area contributed by atoms with Gasteiger partial charge < -0.3 is 11.5 Å². The maximum Gasteiger partial charge on any atom is 0.332 e. The normalized spacial score (nSPS) is 14.8. The van der Waals surface area contributed by atoms with Crippen LogP contribution >= 0.6 is 12.2 Å². The van der Waals surface area contributed by atoms with Gasteiger partial charge in [-0.3, -0.25) is 0 Å². The summed E-state index contributed by atoms with van der Waals surface area (Å²) in [6, 6.07) is 7.52. The second-order valence-electron chi connectivity index (χ2n) is 4.39. The van der Waals surface area contributed by atoms with Gasteiger partial charge >= 0.3 is 11.1 Å². The van der Waals surface area contributed by atoms with E-state index in [-0.39, 0.29) is 11.1 Å². The fourth-order valence-electron chi connectivity index (χ4n) is 1.70. The Labute approximate surface area is 119 Å². The summed E-state index contributed by atoms with van der Waals surface area (Å²) in [6.07, 6.45) is 0.738. The van der Waals surface area contributed by atoms with Gasteiger partial charge in [0.05, 0.1) is 5.71 Å². The van der Waals surface area contributed by atoms with Crippen LogP contribution < -0.4 is 16.1 Å². The lowest BCUT2D eigenvalue weighted by molar-refractivity contribution is 0.617. The van der Waals surface area contributed by atoms with Crippen molar-refractivity contribution in [2.24, 2.45) is 16.6 Å². The van der Waals surface area contributed by atoms with Gasteiger partial charge in [-0.2, -0.15) is 0 Å². The Bertz CT molecular complexity index is 522. The van der Waals surface area contributed by atoms with Gasteiger partial charge in [0.2, 0.25) is 0 Å². The predicted octanol–water partition coefficient (Wildman–Crippen LogP) is 2.23. The highest BCUT2D eigenvalue weighted by atomic mass is 32.1. The maximum absolute atomic E-state index is 7.88. The van der Waals surface area contributed by atoms with Crippen molar-refractivity contribution in [3.8, 4) is 0 Å². The summed E-state index contributed by atoms with van der Waals surface area (Å²) in [5.74, 6) is -0.217. The average molecular weight is 278 g/mol. The first kappa shape index (κ1) is 15.3. The zero-order valence-electron chi connectivity index (χ0n) is 11.5. The van der Waals surface area contributed by atoms with E-state index in [0.717, 1.165) is 17.7 Å². The molecular formula is C13H20N5S+. The molecule has 0 radical (unpaired) electrons. The van der Waals surface area contributed by atoms with Crippen molar-refractivity contribution in [1.82, 2.24) is 4.59 Å². The van der Waals surface area contributed by atoms with Crippen LogP contribution in [0.25, 0.3) is 0 Å². The van der Waals surface area contributed by atoms with Gasteiger partial charge in [-0.25, -0.2) is 5.41 Å². The summed E-state index contributed by atoms with van der Waals surface area (Å²) in [5, 5.41) is 12.4. The van der Waals surface area contributed by atoms with E-state index in [1.54, 1.807) is 0 Å². The first-order valence-corrected chi connectivity index (χ1v) is 6.42. The molecule has 1 atom stereocenters. The van der Waals surface area contributed by atoms with Crippen molar-refractivity contribution in [3.63, 3.8) is 0 Å². The number of nitrogens with zero attached hydrogens (tertiary/aromatic N) is 2. The molecule has 102 valence electrons. The molecule has 0 fully saturated rings. The number of rotatable bonds is 3. The van der Waals surface area contributed by atoms with Gasteiger partial charge in [0.25, 0.3) is 0 Å². The van der Waals surface area contributed by atoms with E-state index < -0.39 is 4.59 Å². The maximum atomic E-state index is 7.88. The number of quaternary nitrogens is 1. The summed E-state index contributed by atoms with van der Waals surface area (Å²) in [6.45, 7) is 5.79. The third-order valence-electron chi connectivity index (χ3n) is 2.88. The molecule has 0 aliphatic rings. The van der Waals surface area contributed by atoms with Crippen LogP contribution in [0.15, 0.2) is 29.4 Å². The molecule has 0 bridgehead atoms. The standard InChI is InChI=1S/C13H19N5S/c1-4-10(3)17-18(12(14)15,13(16)19)11-7-5-6-9(2)8-11/h5-8H,4H2,1-3H3,(H4-,14,15,16,19)/p+1/b17-10+. The fourth-order valence-corrected chi connectivity index (χ4v) is 1.95. The molecule has 0 spiro atoms. The zero-order valence-corrected chi connectivity index (χ0v) is 12.3. The molecule has 1 rings (SSSR count). The van der Waals surface area contributed by atoms with Crippen LogP contribution in [-0.2, 0) is 0 Å². The highest BCUT2D eigenvalue weighted by molar-refractivity contribution is 7.80. The van der Waals surface area contributed by atoms with Gasteiger partial charge in [0.1, 0.15) is 0 Å². The van der Waals surface area contributed by atoms with Crippen LogP contribution in [0.2, 0.25) is 0 Å². The summed E-state index contributed by atoms with van der Waals surface area (Å²) >= 11 is 5.12. The Morgan fingerprint density at radius 1 is 1.42 bits per heavy atom. The number of nitrogens with one attached hydrogen (secondary N) is 1. The van der Waals surface area contributed by atoms with Crippen LogP contribution in [0.4, 0.5) is 5.69 Å². The highest BCUT2D eigenvalue weighted by Gasteiger charge is 2.40. The predicted molar refractivity (Wildman–Crippen MR) is 85.1 cm³/mol. The number of benzene rings is 1. The number of hydrogen-bond donors (Lipinski definition) is 3. The fraction of sp³-hybridized carbons (Fsp3) is 0.308. The average Bonchev–Trinajstić information content (AvgIpc) is 2.34. The summed E-state index contributed by atoms with van der Waals surface area (Å²) in [7, 11) is 0. The molecule has 0 aliphatic carbocycles. The second-order valence-corrected chi connectivity index (χ2v) is 4.80. The van der Waals surface area contributed by atoms with Gasteiger partial charge in [-0.15, -0.1) is 0 Å². The Morgan fingerprint density at radius 3 is 2.47 bits per heavy atom. The van der Waals surface area contributed by atoms with Gasteiger partial charge in [0, 0.05) is 24.4 Å². The van der Waals surface area contributed by atoms with Crippen molar-refractivity contribution in [2.45, 2.75) is 27.2 Å². The minimum absolute atomic E-state index is 0.0332. The summed E-state index contributed by atoms with van der Waals surface area (Å²) in [4.78, 5) is 0. The van der Waals surface area contributed by atoms with E-state index in [0.29, 0.717) is 5.69 Å². The van der Waals surface area contributed by atoms with E-state index in [4.69, 9.17) is 29.1 Å². The molecular weight excluding hydrogens is 258 g/mol. The van der Waals surface area contributed by atoms with Crippen LogP contribution in [0.5, 0.6) is 0 Å². The zero-order chi connectivity index (χ0) is 14.6. The van der Waals surface area contributed by atoms with E-state index in [1.807, 2.05) is 45.0 Å². The van der Waals surface area contributed by atoms with Crippen LogP contribution in [0.3, 0.4) is 0 Å². The molecule has 0 saturated carbocycles. The molecule has 0 saturated heterocycles. The van der Waals surface area contributed by atoms with E-state index in [2.05, 4.69) is 5.10 Å². The molecule has 0 aromatic heterocycles. The van der Waals surface area contributed by atoms with Gasteiger partial charge in [-0.1, -0.05) is 24.2 Å². The van der Waals surface area contributed by atoms with Crippen molar-refractivity contribution >= 4 is 34.7 Å². The monoisotopic (exact) mass is 278 g/mol. The number of nitrogens with two attached hydrogens (primary N) is 2. The van der Waals surface area contributed by atoms with Gasteiger partial charge in [-0.05, 0) is 30.4 Å². The number of thiocarbonyl (C=S) groups is 1. The third-order valence-corrected chi connectivity index (χ3v) is 3.14. The molecule has 5 N–H and O–H groups in total. The second kappa shape index (κ2) is 5.90. The Kier molecular flexibility index (Phi) is 4.74. The van der Waals surface area contributed by atoms with Crippen molar-refractivity contribution in [1.29, 1.82) is 5.41 Å². The van der Waals surface area contributed by atoms with Crippen molar-refractivity contribution in [3.05, 3.63) is 29.8 Å². The molecule has 0 amide bonds. The van der Waals surface area contributed by atoms with Crippen LogP contribution in [0.1, 0.15) is 25.8 Å². The molecule has 19 heavy (non-hydrogen) atoms. The highest BCUT2D eigenvalue weighted by Crippen LogP contribution is 2.25. The lowest BCUT2D eigenvalue weighted by atomic mass is 10.2. The lowest BCUT2D eigenvalue weighted by Gasteiger charge is -2.27. The molecule has 1 aromatic rings. The third kappa shape index (κ3) is 2.97. The molecule has 6 heteroatoms. The lowest BCUT2D eigenvalue weighted by Crippen LogP contribution is -2.60. The molecule has 5 nitrogen and oxygen atoms in total. The van der Waals surface area contributed by atoms with Gasteiger partial charge in [0.15, 0.2) is 5.69 Å². The molecule has 1 unspecified atom stereocenters. The largest absolute Gasteiger partial charge is 0.342 e. The minimum Gasteiger partial charge on any atom is -0.342 e. The smallest absolute Gasteiger partial charge is 0.332 e. The van der Waals surface area contributed by atoms with E-state index in [9.17, 15) is 0 Å².